The van der Waals surface area contributed by atoms with Crippen molar-refractivity contribution < 1.29 is 0 Å². The predicted octanol–water partition coefficient (Wildman–Crippen LogP) is 1.62. The Bertz CT molecular complexity index is 334. The van der Waals surface area contributed by atoms with Crippen molar-refractivity contribution in [1.29, 1.82) is 0 Å². The Morgan fingerprint density at radius 3 is 2.94 bits per heavy atom. The molecular weight excluding hydrogens is 220 g/mol. The summed E-state index contributed by atoms with van der Waals surface area (Å²) in [5, 5.41) is 8.24. The van der Waals surface area contributed by atoms with Crippen LogP contribution >= 0.6 is 12.2 Å². The fourth-order valence-electron chi connectivity index (χ4n) is 1.46. The number of nitrogens with zero attached hydrogens (tertiary/aromatic N) is 3. The molecule has 0 aliphatic rings. The minimum absolute atomic E-state index is 0.795. The molecule has 0 atom stereocenters. The van der Waals surface area contributed by atoms with Gasteiger partial charge in [-0.25, -0.2) is 0 Å². The van der Waals surface area contributed by atoms with Crippen molar-refractivity contribution in [1.82, 2.24) is 20.0 Å². The molecule has 0 bridgehead atoms. The third-order valence-electron chi connectivity index (χ3n) is 2.38. The second-order valence-corrected chi connectivity index (χ2v) is 4.11. The number of hydrogen-bond donors (Lipinski definition) is 1. The van der Waals surface area contributed by atoms with Gasteiger partial charge < -0.3 is 10.2 Å². The molecule has 0 spiro atoms. The highest BCUT2D eigenvalue weighted by Crippen LogP contribution is 2.03. The van der Waals surface area contributed by atoms with Crippen molar-refractivity contribution in [2.45, 2.75) is 33.4 Å². The van der Waals surface area contributed by atoms with Crippen LogP contribution in [0.25, 0.3) is 0 Å². The minimum atomic E-state index is 0.795. The van der Waals surface area contributed by atoms with Crippen LogP contribution in [0.4, 0.5) is 0 Å². The normalized spacial score (nSPS) is 10.2. The van der Waals surface area contributed by atoms with Gasteiger partial charge >= 0.3 is 0 Å². The van der Waals surface area contributed by atoms with Gasteiger partial charge in [-0.1, -0.05) is 6.92 Å². The van der Waals surface area contributed by atoms with E-state index in [-0.39, 0.29) is 0 Å². The predicted molar refractivity (Wildman–Crippen MR) is 70.3 cm³/mol. The molecule has 0 saturated carbocycles. The molecule has 1 rings (SSSR count). The summed E-state index contributed by atoms with van der Waals surface area (Å²) in [6.07, 6.45) is 2.91. The third kappa shape index (κ3) is 3.48. The summed E-state index contributed by atoms with van der Waals surface area (Å²) >= 11 is 5.28. The fraction of sp³-hybridized carbons (Fsp3) is 0.636. The van der Waals surface area contributed by atoms with Crippen LogP contribution in [0.5, 0.6) is 0 Å². The number of hydrogen-bond acceptors (Lipinski definition) is 2. The van der Waals surface area contributed by atoms with E-state index in [0.29, 0.717) is 0 Å². The number of nitrogens with one attached hydrogen (secondary N) is 1. The van der Waals surface area contributed by atoms with Gasteiger partial charge in [0.25, 0.3) is 0 Å². The van der Waals surface area contributed by atoms with Crippen LogP contribution in [-0.4, -0.2) is 33.4 Å². The zero-order chi connectivity index (χ0) is 12.0. The SMILES string of the molecule is CCCNC(=S)N(C)Cc1ccnn1CC. The van der Waals surface area contributed by atoms with E-state index in [0.717, 1.165) is 31.2 Å². The molecule has 0 saturated heterocycles. The van der Waals surface area contributed by atoms with E-state index in [1.54, 1.807) is 0 Å². The lowest BCUT2D eigenvalue weighted by Gasteiger charge is -2.21. The van der Waals surface area contributed by atoms with Gasteiger partial charge in [0.1, 0.15) is 0 Å². The zero-order valence-electron chi connectivity index (χ0n) is 10.2. The second-order valence-electron chi connectivity index (χ2n) is 3.73. The molecule has 90 valence electrons. The zero-order valence-corrected chi connectivity index (χ0v) is 11.0. The lowest BCUT2D eigenvalue weighted by atomic mass is 10.4. The Labute approximate surface area is 103 Å². The van der Waals surface area contributed by atoms with E-state index < -0.39 is 0 Å². The Morgan fingerprint density at radius 1 is 1.56 bits per heavy atom. The first-order valence-electron chi connectivity index (χ1n) is 5.68. The molecule has 1 aromatic rings. The van der Waals surface area contributed by atoms with Crippen LogP contribution in [-0.2, 0) is 13.1 Å². The Morgan fingerprint density at radius 2 is 2.31 bits per heavy atom. The van der Waals surface area contributed by atoms with Crippen molar-refractivity contribution >= 4 is 17.3 Å². The highest BCUT2D eigenvalue weighted by Gasteiger charge is 2.07. The molecule has 0 amide bonds. The van der Waals surface area contributed by atoms with Crippen LogP contribution < -0.4 is 5.32 Å². The van der Waals surface area contributed by atoms with E-state index in [4.69, 9.17) is 12.2 Å². The summed E-state index contributed by atoms with van der Waals surface area (Å²) in [5.74, 6) is 0. The first kappa shape index (κ1) is 13.0. The van der Waals surface area contributed by atoms with Crippen LogP contribution in [0.1, 0.15) is 26.0 Å². The van der Waals surface area contributed by atoms with Crippen molar-refractivity contribution in [3.05, 3.63) is 18.0 Å². The van der Waals surface area contributed by atoms with Gasteiger partial charge in [0.05, 0.1) is 12.2 Å². The smallest absolute Gasteiger partial charge is 0.169 e. The number of rotatable bonds is 5. The lowest BCUT2D eigenvalue weighted by molar-refractivity contribution is 0.457. The molecule has 0 fully saturated rings. The molecule has 16 heavy (non-hydrogen) atoms. The molecule has 0 aliphatic heterocycles. The Balaban J connectivity index is 2.50. The number of aromatic nitrogens is 2. The lowest BCUT2D eigenvalue weighted by Crippen LogP contribution is -2.37. The molecule has 5 heteroatoms. The highest BCUT2D eigenvalue weighted by atomic mass is 32.1. The Kier molecular flexibility index (Phi) is 5.25. The summed E-state index contributed by atoms with van der Waals surface area (Å²) in [6.45, 7) is 6.83. The van der Waals surface area contributed by atoms with Crippen molar-refractivity contribution in [2.75, 3.05) is 13.6 Å². The van der Waals surface area contributed by atoms with E-state index in [1.807, 2.05) is 28.9 Å². The molecule has 0 unspecified atom stereocenters. The topological polar surface area (TPSA) is 33.1 Å². The van der Waals surface area contributed by atoms with Crippen molar-refractivity contribution in [2.24, 2.45) is 0 Å². The third-order valence-corrected chi connectivity index (χ3v) is 2.83. The summed E-state index contributed by atoms with van der Waals surface area (Å²) < 4.78 is 1.99. The van der Waals surface area contributed by atoms with E-state index in [1.165, 1.54) is 5.69 Å². The van der Waals surface area contributed by atoms with E-state index >= 15 is 0 Å². The maximum Gasteiger partial charge on any atom is 0.169 e. The van der Waals surface area contributed by atoms with Crippen molar-refractivity contribution in [3.63, 3.8) is 0 Å². The molecule has 1 heterocycles. The van der Waals surface area contributed by atoms with Gasteiger partial charge in [-0.2, -0.15) is 5.10 Å². The highest BCUT2D eigenvalue weighted by molar-refractivity contribution is 7.80. The molecule has 4 nitrogen and oxygen atoms in total. The molecule has 0 aromatic carbocycles. The number of thiocarbonyl (C=S) groups is 1. The van der Waals surface area contributed by atoms with Gasteiger partial charge in [0, 0.05) is 26.3 Å². The minimum Gasteiger partial charge on any atom is -0.363 e. The molecule has 0 radical (unpaired) electrons. The fourth-order valence-corrected chi connectivity index (χ4v) is 1.63. The van der Waals surface area contributed by atoms with Crippen LogP contribution in [0.3, 0.4) is 0 Å². The summed E-state index contributed by atoms with van der Waals surface area (Å²) in [5.41, 5.74) is 1.19. The summed E-state index contributed by atoms with van der Waals surface area (Å²) in [4.78, 5) is 2.04. The summed E-state index contributed by atoms with van der Waals surface area (Å²) in [6, 6.07) is 2.03. The summed E-state index contributed by atoms with van der Waals surface area (Å²) in [7, 11) is 2.00. The Hall–Kier alpha value is -1.10. The van der Waals surface area contributed by atoms with Crippen LogP contribution in [0.15, 0.2) is 12.3 Å². The van der Waals surface area contributed by atoms with E-state index in [2.05, 4.69) is 24.3 Å². The quantitative estimate of drug-likeness (QED) is 0.793. The van der Waals surface area contributed by atoms with Gasteiger partial charge in [-0.15, -0.1) is 0 Å². The first-order chi connectivity index (χ1) is 7.69. The van der Waals surface area contributed by atoms with Crippen LogP contribution in [0, 0.1) is 0 Å². The largest absolute Gasteiger partial charge is 0.363 e. The average molecular weight is 240 g/mol. The number of aryl methyl sites for hydroxylation is 1. The molecule has 1 N–H and O–H groups in total. The second kappa shape index (κ2) is 6.48. The maximum atomic E-state index is 5.28. The van der Waals surface area contributed by atoms with Gasteiger partial charge in [0.2, 0.25) is 0 Å². The van der Waals surface area contributed by atoms with Gasteiger partial charge in [-0.3, -0.25) is 4.68 Å². The van der Waals surface area contributed by atoms with E-state index in [9.17, 15) is 0 Å². The van der Waals surface area contributed by atoms with Gasteiger partial charge in [-0.05, 0) is 31.6 Å². The van der Waals surface area contributed by atoms with Crippen molar-refractivity contribution in [3.8, 4) is 0 Å². The van der Waals surface area contributed by atoms with Crippen LogP contribution in [0.2, 0.25) is 0 Å². The maximum absolute atomic E-state index is 5.28. The molecule has 1 aromatic heterocycles. The molecular formula is C11H20N4S. The monoisotopic (exact) mass is 240 g/mol. The first-order valence-corrected chi connectivity index (χ1v) is 6.09. The molecule has 0 aliphatic carbocycles. The van der Waals surface area contributed by atoms with Gasteiger partial charge in [0.15, 0.2) is 5.11 Å². The average Bonchev–Trinajstić information content (AvgIpc) is 2.72. The standard InChI is InChI=1S/C11H20N4S/c1-4-7-12-11(16)14(3)9-10-6-8-13-15(10)5-2/h6,8H,4-5,7,9H2,1-3H3,(H,12,16).